The summed E-state index contributed by atoms with van der Waals surface area (Å²) in [5, 5.41) is 0. The molecular formula is C50H28BF24N. The van der Waals surface area contributed by atoms with E-state index < -0.39 is 195 Å². The van der Waals surface area contributed by atoms with Gasteiger partial charge in [0, 0.05) is 17.7 Å². The lowest BCUT2D eigenvalue weighted by molar-refractivity contribution is -0.688. The van der Waals surface area contributed by atoms with Crippen molar-refractivity contribution in [1.82, 2.24) is 0 Å². The summed E-state index contributed by atoms with van der Waals surface area (Å²) in [4.78, 5) is 0. The smallest absolute Gasteiger partial charge is 0.201 e. The van der Waals surface area contributed by atoms with Crippen LogP contribution in [0.3, 0.4) is 0 Å². The number of pyridine rings is 1. The maximum Gasteiger partial charge on any atom is 0.416 e. The van der Waals surface area contributed by atoms with Crippen molar-refractivity contribution in [3.8, 4) is 11.1 Å². The Morgan fingerprint density at radius 3 is 0.697 bits per heavy atom. The Morgan fingerprint density at radius 1 is 0.263 bits per heavy atom. The molecule has 0 aliphatic carbocycles. The zero-order chi connectivity index (χ0) is 56.8. The second kappa shape index (κ2) is 20.4. The molecule has 76 heavy (non-hydrogen) atoms. The fraction of sp³-hybridized carbons (Fsp3) is 0.180. The maximum absolute atomic E-state index is 14.2. The number of benzene rings is 6. The van der Waals surface area contributed by atoms with E-state index in [4.69, 9.17) is 0 Å². The van der Waals surface area contributed by atoms with Gasteiger partial charge in [0.15, 0.2) is 18.9 Å². The van der Waals surface area contributed by atoms with Crippen molar-refractivity contribution in [3.05, 3.63) is 208 Å². The van der Waals surface area contributed by atoms with Crippen LogP contribution in [0.25, 0.3) is 11.1 Å². The maximum atomic E-state index is 14.2. The molecule has 0 unspecified atom stereocenters. The molecule has 0 N–H and O–H groups in total. The highest BCUT2D eigenvalue weighted by atomic mass is 19.4. The molecule has 0 bridgehead atoms. The minimum Gasteiger partial charge on any atom is -0.201 e. The summed E-state index contributed by atoms with van der Waals surface area (Å²) in [6, 6.07) is 16.5. The fourth-order valence-electron chi connectivity index (χ4n) is 8.25. The Hall–Kier alpha value is -7.15. The van der Waals surface area contributed by atoms with Crippen LogP contribution in [0.5, 0.6) is 0 Å². The summed E-state index contributed by atoms with van der Waals surface area (Å²) in [5.74, 6) is 0. The average Bonchev–Trinajstić information content (AvgIpc) is 3.30. The van der Waals surface area contributed by atoms with E-state index in [9.17, 15) is 105 Å². The molecule has 0 aliphatic rings. The van der Waals surface area contributed by atoms with E-state index in [1.807, 2.05) is 12.1 Å². The van der Waals surface area contributed by atoms with Crippen LogP contribution in [0, 0.1) is 0 Å². The number of hydrogen-bond acceptors (Lipinski definition) is 0. The molecule has 0 radical (unpaired) electrons. The van der Waals surface area contributed by atoms with E-state index in [1.165, 1.54) is 16.7 Å². The number of hydrogen-bond donors (Lipinski definition) is 0. The van der Waals surface area contributed by atoms with Gasteiger partial charge in [-0.2, -0.15) is 127 Å². The highest BCUT2D eigenvalue weighted by molar-refractivity contribution is 7.20. The van der Waals surface area contributed by atoms with Crippen molar-refractivity contribution in [1.29, 1.82) is 0 Å². The molecule has 0 fully saturated rings. The van der Waals surface area contributed by atoms with E-state index in [2.05, 4.69) is 77.6 Å². The minimum absolute atomic E-state index is 0.691. The fourth-order valence-corrected chi connectivity index (χ4v) is 8.25. The van der Waals surface area contributed by atoms with Crippen LogP contribution in [0.15, 0.2) is 158 Å². The molecule has 7 rings (SSSR count). The molecule has 0 atom stereocenters. The Balaban J connectivity index is 0.000000408. The third kappa shape index (κ3) is 13.4. The van der Waals surface area contributed by atoms with E-state index in [0.717, 1.165) is 6.54 Å². The molecule has 0 aliphatic heterocycles. The normalized spacial score (nSPS) is 13.3. The van der Waals surface area contributed by atoms with Crippen LogP contribution in [-0.2, 0) is 56.0 Å². The van der Waals surface area contributed by atoms with Crippen LogP contribution < -0.4 is 26.4 Å². The van der Waals surface area contributed by atoms with Crippen molar-refractivity contribution < 1.29 is 110 Å². The SMILES string of the molecule is FC(F)(F)c1cc([B-](c2cc(C(F)(F)F)cc(C(F)(F)F)c2)(c2cc(C(F)(F)F)cc(C(F)(F)F)c2)c2cc(C(F)(F)F)cc(C(F)(F)F)c2)cc(C(F)(F)F)c1.c1ccc(C[n+]2ccc(-c3ccccc3)cc2)cc1. The van der Waals surface area contributed by atoms with Crippen molar-refractivity contribution in [2.45, 2.75) is 56.0 Å². The molecule has 404 valence electrons. The molecule has 0 saturated carbocycles. The highest BCUT2D eigenvalue weighted by Gasteiger charge is 2.47. The first-order chi connectivity index (χ1) is 34.7. The second-order valence-corrected chi connectivity index (χ2v) is 16.8. The second-order valence-electron chi connectivity index (χ2n) is 16.8. The first kappa shape index (κ1) is 58.1. The van der Waals surface area contributed by atoms with Crippen LogP contribution >= 0.6 is 0 Å². The van der Waals surface area contributed by atoms with E-state index in [-0.39, 0.29) is 0 Å². The number of nitrogens with zero attached hydrogens (tertiary/aromatic N) is 1. The van der Waals surface area contributed by atoms with E-state index >= 15 is 0 Å². The monoisotopic (exact) mass is 1110 g/mol. The topological polar surface area (TPSA) is 3.88 Å². The molecule has 0 amide bonds. The predicted molar refractivity (Wildman–Crippen MR) is 228 cm³/mol. The van der Waals surface area contributed by atoms with Gasteiger partial charge in [-0.25, -0.2) is 4.57 Å². The van der Waals surface area contributed by atoms with Gasteiger partial charge in [-0.1, -0.05) is 109 Å². The lowest BCUT2D eigenvalue weighted by Gasteiger charge is -2.46. The summed E-state index contributed by atoms with van der Waals surface area (Å²) >= 11 is 0. The van der Waals surface area contributed by atoms with Gasteiger partial charge in [-0.3, -0.25) is 0 Å². The van der Waals surface area contributed by atoms with Gasteiger partial charge in [0.1, 0.15) is 6.15 Å². The Bertz CT molecular complexity index is 2710. The third-order valence-corrected chi connectivity index (χ3v) is 11.6. The molecule has 26 heteroatoms. The molecule has 0 saturated heterocycles. The summed E-state index contributed by atoms with van der Waals surface area (Å²) in [6.07, 6.45) is -50.5. The van der Waals surface area contributed by atoms with Crippen molar-refractivity contribution >= 4 is 28.0 Å². The third-order valence-electron chi connectivity index (χ3n) is 11.6. The van der Waals surface area contributed by atoms with Crippen LogP contribution in [0.1, 0.15) is 50.1 Å². The van der Waals surface area contributed by atoms with E-state index in [0.29, 0.717) is 0 Å². The quantitative estimate of drug-likeness (QED) is 0.0851. The predicted octanol–water partition coefficient (Wildman–Crippen LogP) is 14.9. The van der Waals surface area contributed by atoms with Crippen molar-refractivity contribution in [2.24, 2.45) is 0 Å². The summed E-state index contributed by atoms with van der Waals surface area (Å²) in [7, 11) is 0. The number of rotatable bonds is 7. The standard InChI is InChI=1S/C32H12BF24.C18H16N/c34-25(35,36)13-1-14(26(37,38)39)6-21(5-13)33(22-7-15(27(40,41)42)2-16(8-22)28(43,44)45,23-9-17(29(46,47)48)3-18(10-23)30(49,50)51)24-11-19(31(52,53)54)4-20(12-24)32(55,56)57;1-3-7-16(8-4-1)15-19-13-11-18(12-14-19)17-9-5-2-6-10-17/h1-12H;1-14H,15H2/q-1;+1. The molecule has 0 spiro atoms. The van der Waals surface area contributed by atoms with Crippen molar-refractivity contribution in [3.63, 3.8) is 0 Å². The molecule has 1 nitrogen and oxygen atoms in total. The Kier molecular flexibility index (Phi) is 15.6. The van der Waals surface area contributed by atoms with Crippen molar-refractivity contribution in [2.75, 3.05) is 0 Å². The minimum atomic E-state index is -6.13. The number of halogens is 24. The Morgan fingerprint density at radius 2 is 0.474 bits per heavy atom. The molecule has 7 aromatic rings. The number of alkyl halides is 24. The molecule has 6 aromatic carbocycles. The van der Waals surface area contributed by atoms with Gasteiger partial charge >= 0.3 is 49.4 Å². The largest absolute Gasteiger partial charge is 0.416 e. The highest BCUT2D eigenvalue weighted by Crippen LogP contribution is 2.41. The van der Waals surface area contributed by atoms with Gasteiger partial charge in [-0.05, 0) is 35.4 Å². The van der Waals surface area contributed by atoms with Gasteiger partial charge < -0.3 is 0 Å². The zero-order valence-corrected chi connectivity index (χ0v) is 37.3. The lowest BCUT2D eigenvalue weighted by atomic mass is 9.12. The Labute approximate surface area is 412 Å². The number of aromatic nitrogens is 1. The lowest BCUT2D eigenvalue weighted by Crippen LogP contribution is -2.75. The van der Waals surface area contributed by atoms with Gasteiger partial charge in [0.05, 0.1) is 44.5 Å². The molecule has 1 aromatic heterocycles. The first-order valence-corrected chi connectivity index (χ1v) is 21.1. The summed E-state index contributed by atoms with van der Waals surface area (Å²) in [6.45, 7) is 0.913. The molecular weight excluding hydrogens is 1080 g/mol. The van der Waals surface area contributed by atoms with Gasteiger partial charge in [0.25, 0.3) is 0 Å². The van der Waals surface area contributed by atoms with Gasteiger partial charge in [0.2, 0.25) is 0 Å². The van der Waals surface area contributed by atoms with Crippen LogP contribution in [0.4, 0.5) is 105 Å². The summed E-state index contributed by atoms with van der Waals surface area (Å²) in [5.41, 5.74) is -26.4. The van der Waals surface area contributed by atoms with E-state index in [1.54, 1.807) is 0 Å². The van der Waals surface area contributed by atoms with Gasteiger partial charge in [-0.15, -0.1) is 0 Å². The molecule has 1 heterocycles. The first-order valence-electron chi connectivity index (χ1n) is 21.1. The average molecular weight is 1110 g/mol. The summed E-state index contributed by atoms with van der Waals surface area (Å²) < 4.78 is 343. The zero-order valence-electron chi connectivity index (χ0n) is 37.3. The van der Waals surface area contributed by atoms with Crippen LogP contribution in [0.2, 0.25) is 0 Å². The van der Waals surface area contributed by atoms with Crippen LogP contribution in [-0.4, -0.2) is 6.15 Å².